The lowest BCUT2D eigenvalue weighted by Crippen LogP contribution is -2.28. The molecule has 4 heteroatoms. The van der Waals surface area contributed by atoms with Gasteiger partial charge >= 0.3 is 5.69 Å². The molecule has 0 unspecified atom stereocenters. The molecule has 0 radical (unpaired) electrons. The zero-order valence-electron chi connectivity index (χ0n) is 7.58. The largest absolute Gasteiger partial charge is 0.424 e. The molecule has 1 heterocycles. The normalized spacial score (nSPS) is 15.5. The van der Waals surface area contributed by atoms with Crippen LogP contribution < -0.4 is 5.69 Å². The van der Waals surface area contributed by atoms with E-state index in [-0.39, 0.29) is 0 Å². The molecular weight excluding hydrogens is 168 g/mol. The Morgan fingerprint density at radius 3 is 2.85 bits per heavy atom. The lowest BCUT2D eigenvalue weighted by Gasteiger charge is -2.16. The van der Waals surface area contributed by atoms with Crippen LogP contribution in [-0.4, -0.2) is 14.9 Å². The Hall–Kier alpha value is -1.32. The highest BCUT2D eigenvalue weighted by molar-refractivity contribution is 5.26. The summed E-state index contributed by atoms with van der Waals surface area (Å²) in [7, 11) is 0. The van der Waals surface area contributed by atoms with Crippen molar-refractivity contribution in [1.29, 1.82) is 0 Å². The second-order valence-corrected chi connectivity index (χ2v) is 3.42. The third-order valence-electron chi connectivity index (χ3n) is 2.60. The van der Waals surface area contributed by atoms with Crippen molar-refractivity contribution in [3.05, 3.63) is 27.4 Å². The molecule has 0 saturated heterocycles. The number of hydrogen-bond acceptors (Lipinski definition) is 3. The number of aryl methyl sites for hydroxylation is 1. The summed E-state index contributed by atoms with van der Waals surface area (Å²) in [5, 5.41) is 9.30. The van der Waals surface area contributed by atoms with Crippen molar-refractivity contribution in [2.75, 3.05) is 0 Å². The maximum Gasteiger partial charge on any atom is 0.380 e. The van der Waals surface area contributed by atoms with E-state index in [1.807, 2.05) is 0 Å². The van der Waals surface area contributed by atoms with E-state index in [9.17, 15) is 10.0 Å². The van der Waals surface area contributed by atoms with Crippen LogP contribution in [0.25, 0.3) is 0 Å². The number of fused-ring (bicyclic) bond motifs is 1. The van der Waals surface area contributed by atoms with Crippen molar-refractivity contribution >= 4 is 0 Å². The molecule has 0 saturated carbocycles. The van der Waals surface area contributed by atoms with E-state index in [1.54, 1.807) is 6.92 Å². The molecule has 2 rings (SSSR count). The van der Waals surface area contributed by atoms with Gasteiger partial charge in [0, 0.05) is 0 Å². The van der Waals surface area contributed by atoms with Crippen LogP contribution in [0.15, 0.2) is 4.79 Å². The second kappa shape index (κ2) is 2.87. The Morgan fingerprint density at radius 1 is 1.38 bits per heavy atom. The summed E-state index contributed by atoms with van der Waals surface area (Å²) in [4.78, 5) is 14.9. The highest BCUT2D eigenvalue weighted by Gasteiger charge is 2.16. The van der Waals surface area contributed by atoms with Gasteiger partial charge in [0.1, 0.15) is 0 Å². The molecule has 0 aliphatic heterocycles. The van der Waals surface area contributed by atoms with Gasteiger partial charge in [-0.15, -0.1) is 4.73 Å². The van der Waals surface area contributed by atoms with Gasteiger partial charge in [0.15, 0.2) is 0 Å². The lowest BCUT2D eigenvalue weighted by atomic mass is 9.95. The monoisotopic (exact) mass is 180 g/mol. The van der Waals surface area contributed by atoms with E-state index in [1.165, 1.54) is 0 Å². The quantitative estimate of drug-likeness (QED) is 0.597. The van der Waals surface area contributed by atoms with Gasteiger partial charge in [-0.1, -0.05) is 0 Å². The smallest absolute Gasteiger partial charge is 0.380 e. The van der Waals surface area contributed by atoms with Crippen LogP contribution in [0.4, 0.5) is 0 Å². The molecule has 0 amide bonds. The molecule has 0 aromatic carbocycles. The van der Waals surface area contributed by atoms with Gasteiger partial charge in [-0.05, 0) is 38.2 Å². The molecule has 0 atom stereocenters. The molecule has 0 fully saturated rings. The minimum Gasteiger partial charge on any atom is -0.424 e. The summed E-state index contributed by atoms with van der Waals surface area (Å²) in [6.45, 7) is 1.76. The van der Waals surface area contributed by atoms with E-state index in [0.29, 0.717) is 10.4 Å². The van der Waals surface area contributed by atoms with E-state index >= 15 is 0 Å². The summed E-state index contributed by atoms with van der Waals surface area (Å²) in [6.07, 6.45) is 4.00. The minimum absolute atomic E-state index is 0.557. The maximum atomic E-state index is 11.1. The average molecular weight is 180 g/mol. The first-order chi connectivity index (χ1) is 6.20. The standard InChI is InChI=1S/C9H12N2O2/c1-6-7-4-2-3-5-8(7)10-9(12)11(6)13/h13H,2-5H2,1H3. The van der Waals surface area contributed by atoms with Crippen molar-refractivity contribution < 1.29 is 5.21 Å². The molecule has 70 valence electrons. The summed E-state index contributed by atoms with van der Waals surface area (Å²) in [5.41, 5.74) is 2.01. The van der Waals surface area contributed by atoms with Crippen LogP contribution in [0.3, 0.4) is 0 Å². The molecule has 0 spiro atoms. The van der Waals surface area contributed by atoms with E-state index in [4.69, 9.17) is 0 Å². The number of hydrogen-bond donors (Lipinski definition) is 1. The highest BCUT2D eigenvalue weighted by Crippen LogP contribution is 2.20. The maximum absolute atomic E-state index is 11.1. The first-order valence-electron chi connectivity index (χ1n) is 4.51. The van der Waals surface area contributed by atoms with Gasteiger partial charge in [0.2, 0.25) is 0 Å². The Balaban J connectivity index is 2.67. The second-order valence-electron chi connectivity index (χ2n) is 3.42. The van der Waals surface area contributed by atoms with Crippen LogP contribution >= 0.6 is 0 Å². The SMILES string of the molecule is Cc1c2c(nc(=O)n1O)CCCC2. The zero-order chi connectivity index (χ0) is 9.42. The Morgan fingerprint density at radius 2 is 2.08 bits per heavy atom. The van der Waals surface area contributed by atoms with Gasteiger partial charge in [0.25, 0.3) is 0 Å². The van der Waals surface area contributed by atoms with Crippen molar-refractivity contribution in [2.45, 2.75) is 32.6 Å². The third kappa shape index (κ3) is 1.22. The highest BCUT2D eigenvalue weighted by atomic mass is 16.5. The fourth-order valence-corrected chi connectivity index (χ4v) is 1.84. The fraction of sp³-hybridized carbons (Fsp3) is 0.556. The number of rotatable bonds is 0. The Kier molecular flexibility index (Phi) is 1.83. The molecule has 1 aliphatic carbocycles. The summed E-state index contributed by atoms with van der Waals surface area (Å²) in [5.74, 6) is 0. The van der Waals surface area contributed by atoms with E-state index in [2.05, 4.69) is 4.98 Å². The molecule has 1 aromatic heterocycles. The third-order valence-corrected chi connectivity index (χ3v) is 2.60. The average Bonchev–Trinajstić information content (AvgIpc) is 2.15. The summed E-state index contributed by atoms with van der Waals surface area (Å²) in [6, 6.07) is 0. The first kappa shape index (κ1) is 8.29. The predicted molar refractivity (Wildman–Crippen MR) is 47.1 cm³/mol. The van der Waals surface area contributed by atoms with E-state index in [0.717, 1.165) is 36.9 Å². The van der Waals surface area contributed by atoms with Gasteiger partial charge in [-0.2, -0.15) is 4.98 Å². The summed E-state index contributed by atoms with van der Waals surface area (Å²) < 4.78 is 0.643. The van der Waals surface area contributed by atoms with Crippen LogP contribution in [0.5, 0.6) is 0 Å². The summed E-state index contributed by atoms with van der Waals surface area (Å²) >= 11 is 0. The first-order valence-corrected chi connectivity index (χ1v) is 4.51. The molecule has 13 heavy (non-hydrogen) atoms. The van der Waals surface area contributed by atoms with Crippen molar-refractivity contribution in [3.8, 4) is 0 Å². The van der Waals surface area contributed by atoms with Gasteiger partial charge in [-0.3, -0.25) is 0 Å². The van der Waals surface area contributed by atoms with Gasteiger partial charge in [0.05, 0.1) is 11.4 Å². The van der Waals surface area contributed by atoms with Crippen molar-refractivity contribution in [3.63, 3.8) is 0 Å². The molecule has 1 aliphatic rings. The molecule has 1 aromatic rings. The topological polar surface area (TPSA) is 55.1 Å². The van der Waals surface area contributed by atoms with Gasteiger partial charge < -0.3 is 5.21 Å². The number of nitrogens with zero attached hydrogens (tertiary/aromatic N) is 2. The Labute approximate surface area is 75.8 Å². The van der Waals surface area contributed by atoms with E-state index < -0.39 is 5.69 Å². The molecule has 0 bridgehead atoms. The number of aromatic nitrogens is 2. The Bertz CT molecular complexity index is 395. The zero-order valence-corrected chi connectivity index (χ0v) is 7.58. The van der Waals surface area contributed by atoms with Gasteiger partial charge in [-0.25, -0.2) is 4.79 Å². The molecular formula is C9H12N2O2. The van der Waals surface area contributed by atoms with Crippen molar-refractivity contribution in [1.82, 2.24) is 9.71 Å². The van der Waals surface area contributed by atoms with Crippen LogP contribution in [0.1, 0.15) is 29.8 Å². The predicted octanol–water partition coefficient (Wildman–Crippen LogP) is 0.668. The fourth-order valence-electron chi connectivity index (χ4n) is 1.84. The molecule has 1 N–H and O–H groups in total. The van der Waals surface area contributed by atoms with Crippen LogP contribution in [0, 0.1) is 6.92 Å². The lowest BCUT2D eigenvalue weighted by molar-refractivity contribution is 0.161. The van der Waals surface area contributed by atoms with Crippen LogP contribution in [-0.2, 0) is 12.8 Å². The minimum atomic E-state index is -0.557. The van der Waals surface area contributed by atoms with Crippen molar-refractivity contribution in [2.24, 2.45) is 0 Å². The van der Waals surface area contributed by atoms with Crippen LogP contribution in [0.2, 0.25) is 0 Å². The molecule has 4 nitrogen and oxygen atoms in total.